The third-order valence-electron chi connectivity index (χ3n) is 4.15. The van der Waals surface area contributed by atoms with Crippen LogP contribution in [-0.4, -0.2) is 6.54 Å². The van der Waals surface area contributed by atoms with Crippen LogP contribution in [0.2, 0.25) is 5.02 Å². The second kappa shape index (κ2) is 11.7. The Kier molecular flexibility index (Phi) is 9.19. The Labute approximate surface area is 157 Å². The number of nitrogens with one attached hydrogen (secondary N) is 1. The van der Waals surface area contributed by atoms with E-state index in [2.05, 4.69) is 54.4 Å². The molecule has 0 spiro atoms. The van der Waals surface area contributed by atoms with E-state index in [9.17, 15) is 0 Å². The summed E-state index contributed by atoms with van der Waals surface area (Å²) in [5.74, 6) is 6.54. The van der Waals surface area contributed by atoms with Gasteiger partial charge in [-0.3, -0.25) is 0 Å². The van der Waals surface area contributed by atoms with E-state index in [1.807, 2.05) is 18.2 Å². The summed E-state index contributed by atoms with van der Waals surface area (Å²) >= 11 is 6.00. The van der Waals surface area contributed by atoms with Gasteiger partial charge in [-0.2, -0.15) is 0 Å². The van der Waals surface area contributed by atoms with Gasteiger partial charge < -0.3 is 5.32 Å². The maximum Gasteiger partial charge on any atom is 0.0408 e. The van der Waals surface area contributed by atoms with E-state index >= 15 is 0 Å². The van der Waals surface area contributed by atoms with E-state index in [4.69, 9.17) is 11.6 Å². The highest BCUT2D eigenvalue weighted by Gasteiger charge is 1.96. The Balaban J connectivity index is 1.67. The molecule has 132 valence electrons. The van der Waals surface area contributed by atoms with Crippen LogP contribution < -0.4 is 5.32 Å². The summed E-state index contributed by atoms with van der Waals surface area (Å²) in [6.07, 6.45) is 7.11. The van der Waals surface area contributed by atoms with Crippen molar-refractivity contribution in [2.24, 2.45) is 0 Å². The van der Waals surface area contributed by atoms with Gasteiger partial charge in [-0.1, -0.05) is 73.9 Å². The molecule has 1 nitrogen and oxygen atoms in total. The summed E-state index contributed by atoms with van der Waals surface area (Å²) in [5, 5.41) is 4.29. The van der Waals surface area contributed by atoms with Gasteiger partial charge in [0, 0.05) is 23.6 Å². The number of halogens is 1. The van der Waals surface area contributed by atoms with Crippen molar-refractivity contribution in [2.45, 2.75) is 52.0 Å². The predicted octanol–water partition coefficient (Wildman–Crippen LogP) is 5.99. The van der Waals surface area contributed by atoms with Crippen molar-refractivity contribution in [1.29, 1.82) is 0 Å². The van der Waals surface area contributed by atoms with Crippen LogP contribution in [0.15, 0.2) is 48.5 Å². The van der Waals surface area contributed by atoms with Crippen molar-refractivity contribution in [3.05, 3.63) is 70.2 Å². The summed E-state index contributed by atoms with van der Waals surface area (Å²) in [6.45, 7) is 4.06. The molecule has 0 aliphatic carbocycles. The van der Waals surface area contributed by atoms with Crippen molar-refractivity contribution in [3.8, 4) is 11.8 Å². The van der Waals surface area contributed by atoms with Gasteiger partial charge in [-0.25, -0.2) is 0 Å². The van der Waals surface area contributed by atoms with Gasteiger partial charge in [-0.15, -0.1) is 0 Å². The van der Waals surface area contributed by atoms with Crippen LogP contribution in [-0.2, 0) is 13.0 Å². The highest BCUT2D eigenvalue weighted by molar-refractivity contribution is 6.30. The Morgan fingerprint density at radius 3 is 2.56 bits per heavy atom. The molecule has 0 atom stereocenters. The second-order valence-electron chi connectivity index (χ2n) is 6.37. The smallest absolute Gasteiger partial charge is 0.0408 e. The number of hydrogen-bond acceptors (Lipinski definition) is 1. The van der Waals surface area contributed by atoms with Gasteiger partial charge in [0.05, 0.1) is 0 Å². The zero-order valence-electron chi connectivity index (χ0n) is 15.2. The first-order valence-electron chi connectivity index (χ1n) is 9.31. The average molecular weight is 354 g/mol. The fraction of sp³-hybridized carbons (Fsp3) is 0.391. The van der Waals surface area contributed by atoms with E-state index in [1.54, 1.807) is 0 Å². The molecule has 0 saturated heterocycles. The highest BCUT2D eigenvalue weighted by atomic mass is 35.5. The van der Waals surface area contributed by atoms with Crippen molar-refractivity contribution in [1.82, 2.24) is 5.32 Å². The Bertz CT molecular complexity index is 679. The van der Waals surface area contributed by atoms with Crippen LogP contribution in [0.4, 0.5) is 0 Å². The maximum atomic E-state index is 6.00. The summed E-state index contributed by atoms with van der Waals surface area (Å²) in [5.41, 5.74) is 3.67. The summed E-state index contributed by atoms with van der Waals surface area (Å²) in [7, 11) is 0. The Morgan fingerprint density at radius 2 is 1.80 bits per heavy atom. The Morgan fingerprint density at radius 1 is 0.960 bits per heavy atom. The molecule has 0 aliphatic rings. The maximum absolute atomic E-state index is 6.00. The van der Waals surface area contributed by atoms with Crippen LogP contribution >= 0.6 is 11.6 Å². The van der Waals surface area contributed by atoms with Crippen LogP contribution in [0, 0.1) is 11.8 Å². The molecule has 0 aliphatic heterocycles. The SMILES string of the molecule is CCCCCCC#Cc1ccc(CNCCc2cccc(Cl)c2)cc1. The predicted molar refractivity (Wildman–Crippen MR) is 109 cm³/mol. The third-order valence-corrected chi connectivity index (χ3v) is 4.39. The minimum Gasteiger partial charge on any atom is -0.312 e. The first-order chi connectivity index (χ1) is 12.3. The molecule has 2 heteroatoms. The van der Waals surface area contributed by atoms with E-state index in [0.717, 1.165) is 36.5 Å². The van der Waals surface area contributed by atoms with Gasteiger partial charge in [0.2, 0.25) is 0 Å². The normalized spacial score (nSPS) is 10.3. The monoisotopic (exact) mass is 353 g/mol. The van der Waals surface area contributed by atoms with Crippen LogP contribution in [0.1, 0.15) is 55.7 Å². The molecule has 2 aromatic carbocycles. The van der Waals surface area contributed by atoms with Gasteiger partial charge in [0.15, 0.2) is 0 Å². The minimum atomic E-state index is 0.805. The van der Waals surface area contributed by atoms with Gasteiger partial charge in [0.1, 0.15) is 0 Å². The molecule has 1 N–H and O–H groups in total. The number of hydrogen-bond donors (Lipinski definition) is 1. The molecule has 0 aromatic heterocycles. The largest absolute Gasteiger partial charge is 0.312 e. The van der Waals surface area contributed by atoms with Crippen molar-refractivity contribution in [3.63, 3.8) is 0 Å². The minimum absolute atomic E-state index is 0.805. The lowest BCUT2D eigenvalue weighted by Crippen LogP contribution is -2.16. The van der Waals surface area contributed by atoms with Crippen molar-refractivity contribution < 1.29 is 0 Å². The molecule has 2 rings (SSSR count). The van der Waals surface area contributed by atoms with E-state index in [-0.39, 0.29) is 0 Å². The highest BCUT2D eigenvalue weighted by Crippen LogP contribution is 2.11. The summed E-state index contributed by atoms with van der Waals surface area (Å²) in [6, 6.07) is 16.6. The quantitative estimate of drug-likeness (QED) is 0.431. The van der Waals surface area contributed by atoms with Crippen LogP contribution in [0.25, 0.3) is 0 Å². The lowest BCUT2D eigenvalue weighted by atomic mass is 10.1. The average Bonchev–Trinajstić information content (AvgIpc) is 2.63. The van der Waals surface area contributed by atoms with Crippen molar-refractivity contribution >= 4 is 11.6 Å². The van der Waals surface area contributed by atoms with Crippen LogP contribution in [0.5, 0.6) is 0 Å². The molecule has 0 heterocycles. The van der Waals surface area contributed by atoms with Crippen LogP contribution in [0.3, 0.4) is 0 Å². The van der Waals surface area contributed by atoms with Gasteiger partial charge >= 0.3 is 0 Å². The van der Waals surface area contributed by atoms with Crippen molar-refractivity contribution in [2.75, 3.05) is 6.54 Å². The van der Waals surface area contributed by atoms with E-state index in [1.165, 1.54) is 36.8 Å². The topological polar surface area (TPSA) is 12.0 Å². The number of rotatable bonds is 9. The molecule has 0 fully saturated rings. The molecule has 0 radical (unpaired) electrons. The molecule has 2 aromatic rings. The lowest BCUT2D eigenvalue weighted by molar-refractivity contribution is 0.679. The van der Waals surface area contributed by atoms with Gasteiger partial charge in [-0.05, 0) is 54.8 Å². The molecule has 0 unspecified atom stereocenters. The zero-order valence-corrected chi connectivity index (χ0v) is 15.9. The number of unbranched alkanes of at least 4 members (excludes halogenated alkanes) is 4. The fourth-order valence-electron chi connectivity index (χ4n) is 2.67. The molecule has 0 amide bonds. The van der Waals surface area contributed by atoms with E-state index < -0.39 is 0 Å². The zero-order chi connectivity index (χ0) is 17.7. The standard InChI is InChI=1S/C23H28ClN/c1-2-3-4-5-6-7-9-20-12-14-22(15-13-20)19-25-17-16-21-10-8-11-23(24)18-21/h8,10-15,18,25H,2-6,16-17,19H2,1H3. The first kappa shape index (κ1) is 19.6. The molecule has 25 heavy (non-hydrogen) atoms. The molecule has 0 saturated carbocycles. The first-order valence-corrected chi connectivity index (χ1v) is 9.68. The molecule has 0 bridgehead atoms. The molecular formula is C23H28ClN. The summed E-state index contributed by atoms with van der Waals surface area (Å²) < 4.78 is 0. The Hall–Kier alpha value is -1.75. The lowest BCUT2D eigenvalue weighted by Gasteiger charge is -2.06. The molecular weight excluding hydrogens is 326 g/mol. The fourth-order valence-corrected chi connectivity index (χ4v) is 2.88. The second-order valence-corrected chi connectivity index (χ2v) is 6.80. The number of benzene rings is 2. The third kappa shape index (κ3) is 8.25. The summed E-state index contributed by atoms with van der Waals surface area (Å²) in [4.78, 5) is 0. The van der Waals surface area contributed by atoms with Gasteiger partial charge in [0.25, 0.3) is 0 Å². The van der Waals surface area contributed by atoms with E-state index in [0.29, 0.717) is 0 Å².